The van der Waals surface area contributed by atoms with Crippen LogP contribution in [0, 0.1) is 11.8 Å². The molecule has 1 aromatic heterocycles. The number of alkyl halides is 1. The Balaban J connectivity index is 0.000000366. The molecule has 1 N–H and O–H groups in total. The minimum Gasteiger partial charge on any atom is -0.870 e. The van der Waals surface area contributed by atoms with E-state index in [9.17, 15) is 0 Å². The van der Waals surface area contributed by atoms with Gasteiger partial charge in [-0.1, -0.05) is 175 Å². The van der Waals surface area contributed by atoms with E-state index >= 15 is 0 Å². The number of hydrogen-bond donors (Lipinski definition) is 0. The van der Waals surface area contributed by atoms with Crippen LogP contribution in [0.15, 0.2) is 97.1 Å². The van der Waals surface area contributed by atoms with Crippen LogP contribution in [0.1, 0.15) is 97.6 Å². The van der Waals surface area contributed by atoms with Gasteiger partial charge in [-0.05, 0) is 65.5 Å². The van der Waals surface area contributed by atoms with Gasteiger partial charge in [-0.3, -0.25) is 0 Å². The molecule has 1 aliphatic carbocycles. The first-order valence-corrected chi connectivity index (χ1v) is 17.9. The summed E-state index contributed by atoms with van der Waals surface area (Å²) in [5.74, 6) is 1.70. The smallest absolute Gasteiger partial charge is 0.870 e. The Kier molecular flexibility index (Phi) is 21.5. The SMILES string of the molecule is C.CCCCC(CC)CBr.CCCCC(CC)Cn1c2ccccc2c2ccccc21.[K+].[OH-].c1ccc2c(c1)Cc1ccccc1-2. The first kappa shape index (κ1) is 42.8. The van der Waals surface area contributed by atoms with E-state index in [1.54, 1.807) is 0 Å². The molecule has 46 heavy (non-hydrogen) atoms. The number of unbranched alkanes of at least 4 members (excludes halogenated alkanes) is 2. The van der Waals surface area contributed by atoms with Crippen molar-refractivity contribution in [2.45, 2.75) is 99.5 Å². The van der Waals surface area contributed by atoms with E-state index < -0.39 is 0 Å². The summed E-state index contributed by atoms with van der Waals surface area (Å²) in [6.45, 7) is 10.3. The van der Waals surface area contributed by atoms with Crippen LogP contribution in [0.2, 0.25) is 0 Å². The minimum atomic E-state index is 0. The Bertz CT molecular complexity index is 1440. The number of aromatic nitrogens is 1. The van der Waals surface area contributed by atoms with E-state index in [1.165, 1.54) is 101 Å². The van der Waals surface area contributed by atoms with Crippen LogP contribution in [0.5, 0.6) is 0 Å². The van der Waals surface area contributed by atoms with Gasteiger partial charge in [-0.15, -0.1) is 0 Å². The van der Waals surface area contributed by atoms with Crippen LogP contribution in [0.4, 0.5) is 0 Å². The molecular weight excluding hydrogens is 653 g/mol. The Morgan fingerprint density at radius 2 is 1.02 bits per heavy atom. The van der Waals surface area contributed by atoms with Crippen molar-refractivity contribution in [1.82, 2.24) is 4.57 Å². The molecule has 0 bridgehead atoms. The van der Waals surface area contributed by atoms with E-state index in [1.807, 2.05) is 0 Å². The van der Waals surface area contributed by atoms with Crippen LogP contribution in [-0.2, 0) is 13.0 Å². The number of rotatable bonds is 11. The predicted octanol–water partition coefficient (Wildman–Crippen LogP) is 10.3. The molecule has 1 aliphatic rings. The van der Waals surface area contributed by atoms with Gasteiger partial charge < -0.3 is 10.0 Å². The molecule has 1 heterocycles. The fraction of sp³-hybridized carbons (Fsp3) is 0.429. The fourth-order valence-corrected chi connectivity index (χ4v) is 7.12. The number of nitrogens with zero attached hydrogens (tertiary/aromatic N) is 1. The van der Waals surface area contributed by atoms with Crippen molar-refractivity contribution in [2.24, 2.45) is 11.8 Å². The first-order valence-electron chi connectivity index (χ1n) is 16.8. The molecule has 0 fully saturated rings. The summed E-state index contributed by atoms with van der Waals surface area (Å²) in [5, 5.41) is 3.96. The van der Waals surface area contributed by atoms with Crippen LogP contribution in [0.3, 0.4) is 0 Å². The van der Waals surface area contributed by atoms with Crippen molar-refractivity contribution in [3.63, 3.8) is 0 Å². The zero-order valence-corrected chi connectivity index (χ0v) is 33.2. The van der Waals surface area contributed by atoms with Gasteiger partial charge >= 0.3 is 51.4 Å². The van der Waals surface area contributed by atoms with Crippen molar-refractivity contribution in [3.8, 4) is 11.1 Å². The average molecular weight is 711 g/mol. The van der Waals surface area contributed by atoms with Gasteiger partial charge in [0.15, 0.2) is 0 Å². The van der Waals surface area contributed by atoms with Crippen LogP contribution in [0.25, 0.3) is 32.9 Å². The normalized spacial score (nSPS) is 12.1. The largest absolute Gasteiger partial charge is 1.00 e. The summed E-state index contributed by atoms with van der Waals surface area (Å²) in [6, 6.07) is 35.0. The first-order chi connectivity index (χ1) is 21.1. The molecule has 0 amide bonds. The summed E-state index contributed by atoms with van der Waals surface area (Å²) in [5.41, 5.74) is 8.52. The van der Waals surface area contributed by atoms with Crippen molar-refractivity contribution in [3.05, 3.63) is 108 Å². The molecule has 0 saturated carbocycles. The predicted molar refractivity (Wildman–Crippen MR) is 203 cm³/mol. The van der Waals surface area contributed by atoms with E-state index in [0.29, 0.717) is 0 Å². The minimum absolute atomic E-state index is 0. The third kappa shape index (κ3) is 11.4. The average Bonchev–Trinajstić information content (AvgIpc) is 3.60. The number of para-hydroxylation sites is 2. The summed E-state index contributed by atoms with van der Waals surface area (Å²) in [4.78, 5) is 0. The number of hydrogen-bond acceptors (Lipinski definition) is 1. The number of halogens is 1. The second kappa shape index (κ2) is 23.2. The number of benzene rings is 4. The molecule has 0 spiro atoms. The van der Waals surface area contributed by atoms with Crippen molar-refractivity contribution >= 4 is 37.7 Å². The van der Waals surface area contributed by atoms with E-state index in [2.05, 4.69) is 145 Å². The standard InChI is InChI=1S/C20H25N.C13H10.C8H17Br.CH4.K.H2O/c1-3-5-10-16(4-2)15-21-19-13-8-6-11-17(19)18-12-7-9-14-20(18)21;1-3-7-12-10(5-1)9-11-6-2-4-8-13(11)12;1-3-5-6-8(4-2)7-9;;;/h6-9,11-14,16H,3-5,10,15H2,1-2H3;1-8H,9H2;8H,3-7H2,1-2H3;1H4;;1H2/q;;;;+1;/p-1. The zero-order valence-electron chi connectivity index (χ0n) is 28.4. The van der Waals surface area contributed by atoms with Crippen molar-refractivity contribution < 1.29 is 56.9 Å². The van der Waals surface area contributed by atoms with Crippen molar-refractivity contribution in [1.29, 1.82) is 0 Å². The third-order valence-corrected chi connectivity index (χ3v) is 10.0. The summed E-state index contributed by atoms with van der Waals surface area (Å²) in [7, 11) is 0. The molecule has 4 aromatic carbocycles. The maximum Gasteiger partial charge on any atom is 1.00 e. The van der Waals surface area contributed by atoms with Gasteiger partial charge in [-0.25, -0.2) is 0 Å². The maximum absolute atomic E-state index is 3.51. The van der Waals surface area contributed by atoms with Gasteiger partial charge in [0.1, 0.15) is 0 Å². The Morgan fingerprint density at radius 3 is 1.46 bits per heavy atom. The molecule has 2 nitrogen and oxygen atoms in total. The quantitative estimate of drug-likeness (QED) is 0.0974. The fourth-order valence-electron chi connectivity index (χ4n) is 6.34. The van der Waals surface area contributed by atoms with Crippen LogP contribution < -0.4 is 51.4 Å². The molecule has 6 rings (SSSR count). The second-order valence-electron chi connectivity index (χ2n) is 12.1. The van der Waals surface area contributed by atoms with Crippen LogP contribution in [-0.4, -0.2) is 15.4 Å². The Morgan fingerprint density at radius 1 is 0.609 bits per heavy atom. The molecule has 0 aliphatic heterocycles. The topological polar surface area (TPSA) is 34.9 Å². The van der Waals surface area contributed by atoms with Gasteiger partial charge in [-0.2, -0.15) is 0 Å². The molecule has 0 radical (unpaired) electrons. The van der Waals surface area contributed by atoms with Gasteiger partial charge in [0.05, 0.1) is 0 Å². The van der Waals surface area contributed by atoms with Gasteiger partial charge in [0.2, 0.25) is 0 Å². The summed E-state index contributed by atoms with van der Waals surface area (Å²) < 4.78 is 2.54. The van der Waals surface area contributed by atoms with Crippen molar-refractivity contribution in [2.75, 3.05) is 5.33 Å². The zero-order chi connectivity index (χ0) is 30.4. The second-order valence-corrected chi connectivity index (χ2v) is 12.8. The molecule has 4 heteroatoms. The monoisotopic (exact) mass is 709 g/mol. The molecule has 2 unspecified atom stereocenters. The van der Waals surface area contributed by atoms with Gasteiger partial charge in [0.25, 0.3) is 0 Å². The van der Waals surface area contributed by atoms with E-state index in [-0.39, 0.29) is 64.3 Å². The molecule has 5 aromatic rings. The summed E-state index contributed by atoms with van der Waals surface area (Å²) >= 11 is 3.51. The molecule has 2 atom stereocenters. The Labute approximate surface area is 331 Å². The third-order valence-electron chi connectivity index (χ3n) is 9.13. The van der Waals surface area contributed by atoms with Gasteiger partial charge in [0, 0.05) is 33.7 Å². The van der Waals surface area contributed by atoms with E-state index in [4.69, 9.17) is 0 Å². The maximum atomic E-state index is 3.51. The molecule has 0 saturated heterocycles. The number of fused-ring (bicyclic) bond motifs is 6. The Hall–Kier alpha value is -1.24. The van der Waals surface area contributed by atoms with Crippen LogP contribution >= 0.6 is 15.9 Å². The summed E-state index contributed by atoms with van der Waals surface area (Å²) in [6.07, 6.45) is 11.8. The molecule has 244 valence electrons. The molecular formula is C42H57BrKNO. The van der Waals surface area contributed by atoms with E-state index in [0.717, 1.165) is 24.8 Å².